The molecule has 1 saturated heterocycles. The average Bonchev–Trinajstić information content (AvgIpc) is 2.42. The summed E-state index contributed by atoms with van der Waals surface area (Å²) >= 11 is 2.01. The highest BCUT2D eigenvalue weighted by Gasteiger charge is 2.10. The summed E-state index contributed by atoms with van der Waals surface area (Å²) < 4.78 is 0. The van der Waals surface area contributed by atoms with E-state index >= 15 is 0 Å². The third kappa shape index (κ3) is 3.28. The second-order valence-corrected chi connectivity index (χ2v) is 5.34. The smallest absolute Gasteiger partial charge is 0.150 e. The molecule has 0 aliphatic carbocycles. The summed E-state index contributed by atoms with van der Waals surface area (Å²) in [4.78, 5) is 6.58. The summed E-state index contributed by atoms with van der Waals surface area (Å²) in [7, 11) is 0. The van der Waals surface area contributed by atoms with Gasteiger partial charge in [-0.25, -0.2) is 4.98 Å². The molecule has 1 aliphatic rings. The Bertz CT molecular complexity index is 437. The molecule has 5 nitrogen and oxygen atoms in total. The maximum atomic E-state index is 8.88. The quantitative estimate of drug-likeness (QED) is 0.843. The fraction of sp³-hybridized carbons (Fsp3) is 0.500. The summed E-state index contributed by atoms with van der Waals surface area (Å²) in [5, 5.41) is 12.1. The van der Waals surface area contributed by atoms with Gasteiger partial charge in [0.05, 0.1) is 11.3 Å². The predicted molar refractivity (Wildman–Crippen MR) is 75.6 cm³/mol. The van der Waals surface area contributed by atoms with Gasteiger partial charge in [0.25, 0.3) is 0 Å². The van der Waals surface area contributed by atoms with Gasteiger partial charge in [-0.05, 0) is 6.07 Å². The number of nitrogen functional groups attached to an aromatic ring is 1. The molecule has 6 heteroatoms. The monoisotopic (exact) mass is 263 g/mol. The van der Waals surface area contributed by atoms with Crippen LogP contribution < -0.4 is 11.1 Å². The maximum absolute atomic E-state index is 8.88. The van der Waals surface area contributed by atoms with Crippen LogP contribution in [0, 0.1) is 11.3 Å². The van der Waals surface area contributed by atoms with Crippen LogP contribution in [-0.4, -0.2) is 47.6 Å². The highest BCUT2D eigenvalue weighted by Crippen LogP contribution is 2.18. The number of nitrogens with one attached hydrogen (secondary N) is 1. The highest BCUT2D eigenvalue weighted by molar-refractivity contribution is 7.99. The first-order valence-corrected chi connectivity index (χ1v) is 7.15. The number of aromatic nitrogens is 1. The molecule has 1 aromatic rings. The lowest BCUT2D eigenvalue weighted by atomic mass is 10.2. The summed E-state index contributed by atoms with van der Waals surface area (Å²) in [5.74, 6) is 3.04. The molecule has 0 radical (unpaired) electrons. The van der Waals surface area contributed by atoms with Crippen molar-refractivity contribution in [3.05, 3.63) is 17.8 Å². The predicted octanol–water partition coefficient (Wildman–Crippen LogP) is 0.996. The highest BCUT2D eigenvalue weighted by atomic mass is 32.2. The molecule has 0 aromatic carbocycles. The van der Waals surface area contributed by atoms with Gasteiger partial charge in [0, 0.05) is 43.9 Å². The second-order valence-electron chi connectivity index (χ2n) is 4.11. The van der Waals surface area contributed by atoms with Gasteiger partial charge >= 0.3 is 0 Å². The molecule has 2 heterocycles. The summed E-state index contributed by atoms with van der Waals surface area (Å²) in [6.07, 6.45) is 1.61. The minimum absolute atomic E-state index is 0.439. The molecule has 0 saturated carbocycles. The first-order valence-electron chi connectivity index (χ1n) is 6.00. The van der Waals surface area contributed by atoms with E-state index in [1.165, 1.54) is 11.5 Å². The van der Waals surface area contributed by atoms with E-state index in [-0.39, 0.29) is 0 Å². The molecule has 3 N–H and O–H groups in total. The summed E-state index contributed by atoms with van der Waals surface area (Å²) in [6, 6.07) is 3.68. The zero-order chi connectivity index (χ0) is 12.8. The van der Waals surface area contributed by atoms with Gasteiger partial charge < -0.3 is 11.1 Å². The van der Waals surface area contributed by atoms with Crippen LogP contribution in [0.4, 0.5) is 11.5 Å². The van der Waals surface area contributed by atoms with Gasteiger partial charge in [-0.1, -0.05) is 0 Å². The lowest BCUT2D eigenvalue weighted by Gasteiger charge is -2.26. The fourth-order valence-electron chi connectivity index (χ4n) is 1.87. The van der Waals surface area contributed by atoms with Crippen LogP contribution in [0.1, 0.15) is 5.56 Å². The number of pyridine rings is 1. The SMILES string of the molecule is N#Cc1ccnc(NCCN2CCSCC2)c1N. The van der Waals surface area contributed by atoms with Crippen molar-refractivity contribution >= 4 is 23.3 Å². The molecule has 2 rings (SSSR count). The van der Waals surface area contributed by atoms with Crippen molar-refractivity contribution < 1.29 is 0 Å². The Morgan fingerprint density at radius 3 is 3.00 bits per heavy atom. The van der Waals surface area contributed by atoms with Gasteiger partial charge in [-0.2, -0.15) is 17.0 Å². The van der Waals surface area contributed by atoms with Gasteiger partial charge in [0.1, 0.15) is 6.07 Å². The standard InChI is InChI=1S/C12H17N5S/c13-9-10-1-2-15-12(11(10)14)16-3-4-17-5-7-18-8-6-17/h1-2H,3-8,14H2,(H,15,16). The van der Waals surface area contributed by atoms with Crippen LogP contribution in [0.25, 0.3) is 0 Å². The number of hydrogen-bond acceptors (Lipinski definition) is 6. The van der Waals surface area contributed by atoms with E-state index in [4.69, 9.17) is 11.0 Å². The van der Waals surface area contributed by atoms with Crippen LogP contribution in [0.15, 0.2) is 12.3 Å². The molecule has 0 unspecified atom stereocenters. The second kappa shape index (κ2) is 6.47. The molecule has 18 heavy (non-hydrogen) atoms. The summed E-state index contributed by atoms with van der Waals surface area (Å²) in [6.45, 7) is 4.08. The van der Waals surface area contributed by atoms with E-state index in [1.807, 2.05) is 11.8 Å². The van der Waals surface area contributed by atoms with Crippen molar-refractivity contribution in [3.63, 3.8) is 0 Å². The number of nitrogens with two attached hydrogens (primary N) is 1. The summed E-state index contributed by atoms with van der Waals surface area (Å²) in [5.41, 5.74) is 6.76. The van der Waals surface area contributed by atoms with Crippen LogP contribution in [-0.2, 0) is 0 Å². The third-order valence-electron chi connectivity index (χ3n) is 2.93. The Hall–Kier alpha value is -1.45. The van der Waals surface area contributed by atoms with E-state index in [0.29, 0.717) is 17.1 Å². The Morgan fingerprint density at radius 2 is 2.28 bits per heavy atom. The normalized spacial score (nSPS) is 16.2. The largest absolute Gasteiger partial charge is 0.395 e. The fourth-order valence-corrected chi connectivity index (χ4v) is 2.85. The van der Waals surface area contributed by atoms with Crippen molar-refractivity contribution in [3.8, 4) is 6.07 Å². The van der Waals surface area contributed by atoms with Crippen LogP contribution in [0.5, 0.6) is 0 Å². The first kappa shape index (κ1) is 13.0. The number of nitrogens with zero attached hydrogens (tertiary/aromatic N) is 3. The zero-order valence-corrected chi connectivity index (χ0v) is 11.0. The Morgan fingerprint density at radius 1 is 1.50 bits per heavy atom. The number of anilines is 2. The molecule has 0 bridgehead atoms. The van der Waals surface area contributed by atoms with Gasteiger partial charge in [0.15, 0.2) is 5.82 Å². The Balaban J connectivity index is 1.84. The zero-order valence-electron chi connectivity index (χ0n) is 10.2. The molecule has 1 fully saturated rings. The maximum Gasteiger partial charge on any atom is 0.150 e. The van der Waals surface area contributed by atoms with Crippen molar-refractivity contribution in [2.24, 2.45) is 0 Å². The number of thioether (sulfide) groups is 1. The molecule has 1 aromatic heterocycles. The molecule has 0 amide bonds. The van der Waals surface area contributed by atoms with E-state index in [1.54, 1.807) is 12.3 Å². The molecule has 1 aliphatic heterocycles. The van der Waals surface area contributed by atoms with Crippen LogP contribution in [0.3, 0.4) is 0 Å². The van der Waals surface area contributed by atoms with Crippen LogP contribution >= 0.6 is 11.8 Å². The Kier molecular flexibility index (Phi) is 4.67. The van der Waals surface area contributed by atoms with E-state index < -0.39 is 0 Å². The van der Waals surface area contributed by atoms with Crippen molar-refractivity contribution in [2.75, 3.05) is 48.7 Å². The van der Waals surface area contributed by atoms with Crippen molar-refractivity contribution in [1.82, 2.24) is 9.88 Å². The van der Waals surface area contributed by atoms with Crippen molar-refractivity contribution in [2.45, 2.75) is 0 Å². The molecule has 0 spiro atoms. The minimum Gasteiger partial charge on any atom is -0.395 e. The number of rotatable bonds is 4. The lowest BCUT2D eigenvalue weighted by molar-refractivity contribution is 0.314. The number of hydrogen-bond donors (Lipinski definition) is 2. The molecular formula is C12H17N5S. The first-order chi connectivity index (χ1) is 8.81. The van der Waals surface area contributed by atoms with E-state index in [0.717, 1.165) is 26.2 Å². The van der Waals surface area contributed by atoms with Gasteiger partial charge in [-0.3, -0.25) is 4.90 Å². The van der Waals surface area contributed by atoms with Crippen LogP contribution in [0.2, 0.25) is 0 Å². The minimum atomic E-state index is 0.439. The van der Waals surface area contributed by atoms with E-state index in [2.05, 4.69) is 21.3 Å². The molecule has 96 valence electrons. The Labute approximate surface area is 111 Å². The lowest BCUT2D eigenvalue weighted by Crippen LogP contribution is -2.36. The van der Waals surface area contributed by atoms with Crippen molar-refractivity contribution in [1.29, 1.82) is 5.26 Å². The van der Waals surface area contributed by atoms with Gasteiger partial charge in [0.2, 0.25) is 0 Å². The van der Waals surface area contributed by atoms with E-state index in [9.17, 15) is 0 Å². The topological polar surface area (TPSA) is 78.0 Å². The molecule has 0 atom stereocenters. The third-order valence-corrected chi connectivity index (χ3v) is 3.88. The van der Waals surface area contributed by atoms with Gasteiger partial charge in [-0.15, -0.1) is 0 Å². The average molecular weight is 263 g/mol. The number of nitriles is 1. The molecular weight excluding hydrogens is 246 g/mol.